The van der Waals surface area contributed by atoms with Crippen LogP contribution < -0.4 is 11.1 Å². The third kappa shape index (κ3) is 4.59. The van der Waals surface area contributed by atoms with E-state index in [9.17, 15) is 13.2 Å². The second-order valence-corrected chi connectivity index (χ2v) is 7.18. The molecule has 8 heteroatoms. The summed E-state index contributed by atoms with van der Waals surface area (Å²) in [6.45, 7) is 2.15. The summed E-state index contributed by atoms with van der Waals surface area (Å²) in [7, 11) is -2.33. The second-order valence-electron chi connectivity index (χ2n) is 4.51. The summed E-state index contributed by atoms with van der Waals surface area (Å²) >= 11 is 5.79. The molecule has 0 saturated heterocycles. The van der Waals surface area contributed by atoms with Gasteiger partial charge in [-0.1, -0.05) is 11.6 Å². The van der Waals surface area contributed by atoms with Gasteiger partial charge in [0.1, 0.15) is 5.25 Å². The Labute approximate surface area is 129 Å². The lowest BCUT2D eigenvalue weighted by molar-refractivity contribution is -0.120. The van der Waals surface area contributed by atoms with Crippen LogP contribution in [0.5, 0.6) is 0 Å². The third-order valence-electron chi connectivity index (χ3n) is 2.94. The van der Waals surface area contributed by atoms with Crippen LogP contribution in [0, 0.1) is 0 Å². The van der Waals surface area contributed by atoms with E-state index < -0.39 is 21.0 Å². The van der Waals surface area contributed by atoms with E-state index in [1.54, 1.807) is 7.11 Å². The van der Waals surface area contributed by atoms with Crippen molar-refractivity contribution in [2.45, 2.75) is 23.5 Å². The number of carbonyl (C=O) groups excluding carboxylic acids is 1. The molecule has 0 aliphatic carbocycles. The fourth-order valence-electron chi connectivity index (χ4n) is 1.66. The Balaban J connectivity index is 2.86. The van der Waals surface area contributed by atoms with E-state index in [1.807, 2.05) is 0 Å². The normalized spacial score (nSPS) is 12.9. The van der Waals surface area contributed by atoms with Crippen LogP contribution in [0.25, 0.3) is 0 Å². The number of rotatable bonds is 7. The van der Waals surface area contributed by atoms with E-state index in [1.165, 1.54) is 25.1 Å². The number of methoxy groups -OCH3 is 1. The molecule has 1 aromatic rings. The molecule has 6 nitrogen and oxygen atoms in total. The number of hydrogen-bond donors (Lipinski definition) is 2. The number of hydrogen-bond acceptors (Lipinski definition) is 5. The summed E-state index contributed by atoms with van der Waals surface area (Å²) in [6.07, 6.45) is 0.605. The van der Waals surface area contributed by atoms with Gasteiger partial charge in [-0.05, 0) is 31.5 Å². The number of nitrogens with one attached hydrogen (secondary N) is 1. The highest BCUT2D eigenvalue weighted by Gasteiger charge is 2.31. The molecule has 21 heavy (non-hydrogen) atoms. The van der Waals surface area contributed by atoms with Crippen LogP contribution in [-0.2, 0) is 19.4 Å². The lowest BCUT2D eigenvalue weighted by Gasteiger charge is -2.15. The minimum Gasteiger partial charge on any atom is -0.398 e. The van der Waals surface area contributed by atoms with Crippen molar-refractivity contribution in [3.8, 4) is 0 Å². The molecule has 0 radical (unpaired) electrons. The molecule has 0 fully saturated rings. The smallest absolute Gasteiger partial charge is 0.238 e. The van der Waals surface area contributed by atoms with Gasteiger partial charge in [-0.2, -0.15) is 0 Å². The van der Waals surface area contributed by atoms with Crippen molar-refractivity contribution in [3.63, 3.8) is 0 Å². The van der Waals surface area contributed by atoms with E-state index >= 15 is 0 Å². The van der Waals surface area contributed by atoms with Crippen LogP contribution >= 0.6 is 11.6 Å². The first kappa shape index (κ1) is 17.7. The van der Waals surface area contributed by atoms with Crippen molar-refractivity contribution in [3.05, 3.63) is 23.2 Å². The fraction of sp³-hybridized carbons (Fsp3) is 0.462. The van der Waals surface area contributed by atoms with E-state index in [0.29, 0.717) is 19.6 Å². The molecule has 1 aromatic carbocycles. The molecular weight excluding hydrogens is 316 g/mol. The largest absolute Gasteiger partial charge is 0.398 e. The van der Waals surface area contributed by atoms with Gasteiger partial charge in [0.05, 0.1) is 10.6 Å². The van der Waals surface area contributed by atoms with Crippen LogP contribution in [0.4, 0.5) is 5.69 Å². The van der Waals surface area contributed by atoms with E-state index in [4.69, 9.17) is 22.1 Å². The van der Waals surface area contributed by atoms with Crippen LogP contribution in [-0.4, -0.2) is 39.8 Å². The zero-order chi connectivity index (χ0) is 16.0. The first-order valence-corrected chi connectivity index (χ1v) is 8.28. The maximum atomic E-state index is 12.4. The molecule has 1 atom stereocenters. The Hall–Kier alpha value is -1.31. The van der Waals surface area contributed by atoms with Gasteiger partial charge in [0.25, 0.3) is 0 Å². The minimum absolute atomic E-state index is 0.0680. The van der Waals surface area contributed by atoms with Crippen LogP contribution in [0.3, 0.4) is 0 Å². The number of halogens is 1. The highest BCUT2D eigenvalue weighted by Crippen LogP contribution is 2.26. The fourth-order valence-corrected chi connectivity index (χ4v) is 3.33. The Morgan fingerprint density at radius 2 is 2.14 bits per heavy atom. The molecule has 118 valence electrons. The predicted molar refractivity (Wildman–Crippen MR) is 82.0 cm³/mol. The monoisotopic (exact) mass is 334 g/mol. The zero-order valence-electron chi connectivity index (χ0n) is 11.9. The standard InChI is InChI=1S/C13H19ClN2O4S/c1-9(13(17)16-6-3-7-20-2)21(18,19)12-8-10(14)4-5-11(12)15/h4-5,8-9H,3,6-7,15H2,1-2H3,(H,16,17). The second kappa shape index (κ2) is 7.63. The van der Waals surface area contributed by atoms with Crippen molar-refractivity contribution in [2.24, 2.45) is 0 Å². The number of amides is 1. The van der Waals surface area contributed by atoms with Gasteiger partial charge in [0.15, 0.2) is 9.84 Å². The van der Waals surface area contributed by atoms with Gasteiger partial charge in [-0.25, -0.2) is 8.42 Å². The van der Waals surface area contributed by atoms with E-state index in [-0.39, 0.29) is 15.6 Å². The summed E-state index contributed by atoms with van der Waals surface area (Å²) in [5.41, 5.74) is 5.74. The summed E-state index contributed by atoms with van der Waals surface area (Å²) in [5.74, 6) is -0.578. The van der Waals surface area contributed by atoms with Gasteiger partial charge in [-0.15, -0.1) is 0 Å². The van der Waals surface area contributed by atoms with Gasteiger partial charge < -0.3 is 15.8 Å². The summed E-state index contributed by atoms with van der Waals surface area (Å²) in [5, 5.41) is 1.55. The Kier molecular flexibility index (Phi) is 6.44. The van der Waals surface area contributed by atoms with Crippen molar-refractivity contribution >= 4 is 33.0 Å². The zero-order valence-corrected chi connectivity index (χ0v) is 13.5. The molecular formula is C13H19ClN2O4S. The van der Waals surface area contributed by atoms with Gasteiger partial charge >= 0.3 is 0 Å². The molecule has 0 heterocycles. The van der Waals surface area contributed by atoms with Crippen molar-refractivity contribution < 1.29 is 17.9 Å². The summed E-state index contributed by atoms with van der Waals surface area (Å²) in [4.78, 5) is 11.8. The number of benzene rings is 1. The number of nitrogen functional groups attached to an aromatic ring is 1. The topological polar surface area (TPSA) is 98.5 Å². The number of anilines is 1. The van der Waals surface area contributed by atoms with Gasteiger partial charge in [0.2, 0.25) is 5.91 Å². The van der Waals surface area contributed by atoms with Gasteiger partial charge in [0, 0.05) is 25.3 Å². The maximum absolute atomic E-state index is 12.4. The highest BCUT2D eigenvalue weighted by atomic mass is 35.5. The van der Waals surface area contributed by atoms with Crippen molar-refractivity contribution in [1.29, 1.82) is 0 Å². The minimum atomic E-state index is -3.89. The predicted octanol–water partition coefficient (Wildman–Crippen LogP) is 1.24. The SMILES string of the molecule is COCCCNC(=O)C(C)S(=O)(=O)c1cc(Cl)ccc1N. The Morgan fingerprint density at radius 1 is 1.48 bits per heavy atom. The molecule has 0 aromatic heterocycles. The summed E-state index contributed by atoms with van der Waals surface area (Å²) < 4.78 is 29.7. The third-order valence-corrected chi connectivity index (χ3v) is 5.29. The molecule has 1 amide bonds. The molecule has 1 unspecified atom stereocenters. The number of nitrogens with two attached hydrogens (primary N) is 1. The van der Waals surface area contributed by atoms with Crippen molar-refractivity contribution in [1.82, 2.24) is 5.32 Å². The van der Waals surface area contributed by atoms with Crippen LogP contribution in [0.1, 0.15) is 13.3 Å². The quantitative estimate of drug-likeness (QED) is 0.577. The molecule has 0 aliphatic heterocycles. The maximum Gasteiger partial charge on any atom is 0.238 e. The Bertz CT molecular complexity index is 604. The summed E-state index contributed by atoms with van der Waals surface area (Å²) in [6, 6.07) is 4.14. The number of sulfone groups is 1. The average molecular weight is 335 g/mol. The average Bonchev–Trinajstić information content (AvgIpc) is 2.45. The van der Waals surface area contributed by atoms with Gasteiger partial charge in [-0.3, -0.25) is 4.79 Å². The van der Waals surface area contributed by atoms with E-state index in [0.717, 1.165) is 0 Å². The molecule has 0 saturated carbocycles. The molecule has 1 rings (SSSR count). The van der Waals surface area contributed by atoms with E-state index in [2.05, 4.69) is 5.32 Å². The Morgan fingerprint density at radius 3 is 2.76 bits per heavy atom. The van der Waals surface area contributed by atoms with Crippen LogP contribution in [0.2, 0.25) is 5.02 Å². The van der Waals surface area contributed by atoms with Crippen molar-refractivity contribution in [2.75, 3.05) is 26.0 Å². The molecule has 3 N–H and O–H groups in total. The first-order valence-electron chi connectivity index (χ1n) is 6.36. The van der Waals surface area contributed by atoms with Crippen LogP contribution in [0.15, 0.2) is 23.1 Å². The first-order chi connectivity index (χ1) is 9.80. The molecule has 0 spiro atoms. The lowest BCUT2D eigenvalue weighted by Crippen LogP contribution is -2.38. The lowest BCUT2D eigenvalue weighted by atomic mass is 10.3. The number of carbonyl (C=O) groups is 1. The molecule has 0 aliphatic rings. The number of ether oxygens (including phenoxy) is 1. The molecule has 0 bridgehead atoms. The highest BCUT2D eigenvalue weighted by molar-refractivity contribution is 7.93.